The SMILES string of the molecule is Cc1nc(CN(C)c2c(Br)cncc2[N+](=O)[O-])no1. The van der Waals surface area contributed by atoms with E-state index in [1.54, 1.807) is 18.9 Å². The molecule has 0 unspecified atom stereocenters. The summed E-state index contributed by atoms with van der Waals surface area (Å²) in [6.45, 7) is 1.97. The number of anilines is 1. The largest absolute Gasteiger partial charge is 0.360 e. The summed E-state index contributed by atoms with van der Waals surface area (Å²) >= 11 is 3.26. The van der Waals surface area contributed by atoms with Crippen molar-refractivity contribution in [2.45, 2.75) is 13.5 Å². The van der Waals surface area contributed by atoms with Gasteiger partial charge in [0, 0.05) is 20.2 Å². The highest BCUT2D eigenvalue weighted by Gasteiger charge is 2.22. The van der Waals surface area contributed by atoms with Gasteiger partial charge in [0.25, 0.3) is 0 Å². The fourth-order valence-corrected chi connectivity index (χ4v) is 2.25. The Morgan fingerprint density at radius 2 is 2.26 bits per heavy atom. The molecule has 8 nitrogen and oxygen atoms in total. The summed E-state index contributed by atoms with van der Waals surface area (Å²) in [5.74, 6) is 0.907. The van der Waals surface area contributed by atoms with Crippen LogP contribution in [-0.2, 0) is 6.54 Å². The summed E-state index contributed by atoms with van der Waals surface area (Å²) in [6, 6.07) is 0. The number of rotatable bonds is 4. The molecule has 0 amide bonds. The normalized spacial score (nSPS) is 10.5. The van der Waals surface area contributed by atoms with E-state index in [0.29, 0.717) is 28.4 Å². The number of aryl methyl sites for hydroxylation is 1. The number of nitro groups is 1. The topological polar surface area (TPSA) is 98.2 Å². The van der Waals surface area contributed by atoms with Crippen LogP contribution < -0.4 is 4.90 Å². The van der Waals surface area contributed by atoms with Crippen molar-refractivity contribution in [3.05, 3.63) is 38.7 Å². The summed E-state index contributed by atoms with van der Waals surface area (Å²) in [4.78, 5) is 20.0. The van der Waals surface area contributed by atoms with E-state index in [4.69, 9.17) is 4.52 Å². The van der Waals surface area contributed by atoms with Gasteiger partial charge in [0.15, 0.2) is 5.82 Å². The number of aromatic nitrogens is 3. The van der Waals surface area contributed by atoms with Crippen molar-refractivity contribution < 1.29 is 9.45 Å². The lowest BCUT2D eigenvalue weighted by Crippen LogP contribution is -2.19. The highest BCUT2D eigenvalue weighted by atomic mass is 79.9. The number of hydrogen-bond acceptors (Lipinski definition) is 7. The third-order valence-electron chi connectivity index (χ3n) is 2.38. The van der Waals surface area contributed by atoms with Crippen molar-refractivity contribution in [3.8, 4) is 0 Å². The molecule has 9 heteroatoms. The molecule has 0 N–H and O–H groups in total. The predicted octanol–water partition coefficient (Wildman–Crippen LogP) is 2.08. The van der Waals surface area contributed by atoms with Crippen molar-refractivity contribution in [2.24, 2.45) is 0 Å². The summed E-state index contributed by atoms with van der Waals surface area (Å²) in [6.07, 6.45) is 2.71. The first-order valence-electron chi connectivity index (χ1n) is 5.27. The van der Waals surface area contributed by atoms with Gasteiger partial charge in [-0.3, -0.25) is 15.1 Å². The van der Waals surface area contributed by atoms with E-state index in [2.05, 4.69) is 31.1 Å². The van der Waals surface area contributed by atoms with E-state index < -0.39 is 4.92 Å². The molecule has 0 saturated carbocycles. The lowest BCUT2D eigenvalue weighted by Gasteiger charge is -2.18. The number of halogens is 1. The van der Waals surface area contributed by atoms with Gasteiger partial charge in [0.1, 0.15) is 11.9 Å². The van der Waals surface area contributed by atoms with Crippen LogP contribution in [0.1, 0.15) is 11.7 Å². The number of nitrogens with zero attached hydrogens (tertiary/aromatic N) is 5. The minimum Gasteiger partial charge on any atom is -0.360 e. The van der Waals surface area contributed by atoms with Gasteiger partial charge in [-0.25, -0.2) is 0 Å². The van der Waals surface area contributed by atoms with E-state index in [1.165, 1.54) is 12.4 Å². The lowest BCUT2D eigenvalue weighted by molar-refractivity contribution is -0.384. The Hall–Kier alpha value is -2.03. The van der Waals surface area contributed by atoms with E-state index in [-0.39, 0.29) is 5.69 Å². The Morgan fingerprint density at radius 1 is 1.53 bits per heavy atom. The molecule has 0 bridgehead atoms. The first kappa shape index (κ1) is 13.4. The van der Waals surface area contributed by atoms with Crippen LogP contribution in [0.25, 0.3) is 0 Å². The lowest BCUT2D eigenvalue weighted by atomic mass is 10.3. The van der Waals surface area contributed by atoms with Gasteiger partial charge in [-0.15, -0.1) is 0 Å². The fraction of sp³-hybridized carbons (Fsp3) is 0.300. The molecule has 0 aliphatic heterocycles. The van der Waals surface area contributed by atoms with Crippen molar-refractivity contribution in [2.75, 3.05) is 11.9 Å². The first-order chi connectivity index (χ1) is 8.99. The Labute approximate surface area is 116 Å². The Kier molecular flexibility index (Phi) is 3.74. The van der Waals surface area contributed by atoms with Crippen LogP contribution in [-0.4, -0.2) is 27.1 Å². The van der Waals surface area contributed by atoms with Crippen LogP contribution >= 0.6 is 15.9 Å². The van der Waals surface area contributed by atoms with Gasteiger partial charge in [0.05, 0.1) is 15.9 Å². The summed E-state index contributed by atoms with van der Waals surface area (Å²) in [7, 11) is 1.71. The van der Waals surface area contributed by atoms with Crippen molar-refractivity contribution in [1.29, 1.82) is 0 Å². The maximum atomic E-state index is 11.0. The van der Waals surface area contributed by atoms with E-state index in [0.717, 1.165) is 0 Å². The second kappa shape index (κ2) is 5.31. The molecule has 0 aliphatic carbocycles. The summed E-state index contributed by atoms with van der Waals surface area (Å²) in [5.41, 5.74) is 0.333. The predicted molar refractivity (Wildman–Crippen MR) is 69.7 cm³/mol. The van der Waals surface area contributed by atoms with Gasteiger partial charge in [0.2, 0.25) is 5.89 Å². The van der Waals surface area contributed by atoms with E-state index >= 15 is 0 Å². The summed E-state index contributed by atoms with van der Waals surface area (Å²) in [5, 5.41) is 14.8. The Morgan fingerprint density at radius 3 is 2.84 bits per heavy atom. The smallest absolute Gasteiger partial charge is 0.311 e. The molecule has 0 spiro atoms. The van der Waals surface area contributed by atoms with Crippen molar-refractivity contribution in [1.82, 2.24) is 15.1 Å². The van der Waals surface area contributed by atoms with E-state index in [1.807, 2.05) is 0 Å². The van der Waals surface area contributed by atoms with Crippen LogP contribution in [0.3, 0.4) is 0 Å². The van der Waals surface area contributed by atoms with Crippen LogP contribution in [0, 0.1) is 17.0 Å². The zero-order chi connectivity index (χ0) is 14.0. The molecule has 0 aromatic carbocycles. The standard InChI is InChI=1S/C10H10BrN5O3/c1-6-13-9(14-19-6)5-15(2)10-7(11)3-12-4-8(10)16(17)18/h3-4H,5H2,1-2H3. The molecule has 0 aliphatic rings. The molecule has 19 heavy (non-hydrogen) atoms. The molecule has 100 valence electrons. The zero-order valence-corrected chi connectivity index (χ0v) is 11.8. The van der Waals surface area contributed by atoms with Gasteiger partial charge < -0.3 is 9.42 Å². The molecule has 0 radical (unpaired) electrons. The second-order valence-corrected chi connectivity index (χ2v) is 4.69. The molecule has 0 atom stereocenters. The first-order valence-corrected chi connectivity index (χ1v) is 6.06. The monoisotopic (exact) mass is 327 g/mol. The molecule has 2 aromatic rings. The van der Waals surface area contributed by atoms with Gasteiger partial charge in [-0.1, -0.05) is 5.16 Å². The molecular formula is C10H10BrN5O3. The minimum absolute atomic E-state index is 0.0860. The van der Waals surface area contributed by atoms with E-state index in [9.17, 15) is 10.1 Å². The van der Waals surface area contributed by atoms with Gasteiger partial charge >= 0.3 is 5.69 Å². The third kappa shape index (κ3) is 2.87. The summed E-state index contributed by atoms with van der Waals surface area (Å²) < 4.78 is 5.40. The van der Waals surface area contributed by atoms with Crippen LogP contribution in [0.4, 0.5) is 11.4 Å². The van der Waals surface area contributed by atoms with Crippen LogP contribution in [0.15, 0.2) is 21.4 Å². The van der Waals surface area contributed by atoms with Crippen molar-refractivity contribution >= 4 is 27.3 Å². The Balaban J connectivity index is 2.32. The molecular weight excluding hydrogens is 318 g/mol. The Bertz CT molecular complexity index is 615. The van der Waals surface area contributed by atoms with Crippen LogP contribution in [0.2, 0.25) is 0 Å². The quantitative estimate of drug-likeness (QED) is 0.626. The zero-order valence-electron chi connectivity index (χ0n) is 10.2. The molecule has 2 aromatic heterocycles. The molecule has 2 heterocycles. The second-order valence-electron chi connectivity index (χ2n) is 3.83. The maximum absolute atomic E-state index is 11.0. The molecule has 0 saturated heterocycles. The van der Waals surface area contributed by atoms with Gasteiger partial charge in [-0.2, -0.15) is 4.98 Å². The average molecular weight is 328 g/mol. The number of hydrogen-bond donors (Lipinski definition) is 0. The van der Waals surface area contributed by atoms with Crippen LogP contribution in [0.5, 0.6) is 0 Å². The fourth-order valence-electron chi connectivity index (χ4n) is 1.63. The minimum atomic E-state index is -0.481. The molecule has 0 fully saturated rings. The number of pyridine rings is 1. The maximum Gasteiger partial charge on any atom is 0.311 e. The van der Waals surface area contributed by atoms with Crippen molar-refractivity contribution in [3.63, 3.8) is 0 Å². The average Bonchev–Trinajstić information content (AvgIpc) is 2.74. The molecule has 2 rings (SSSR count). The van der Waals surface area contributed by atoms with Gasteiger partial charge in [-0.05, 0) is 15.9 Å². The highest BCUT2D eigenvalue weighted by Crippen LogP contribution is 2.34. The highest BCUT2D eigenvalue weighted by molar-refractivity contribution is 9.10. The third-order valence-corrected chi connectivity index (χ3v) is 2.96.